The first-order valence-corrected chi connectivity index (χ1v) is 7.10. The summed E-state index contributed by atoms with van der Waals surface area (Å²) in [6.45, 7) is 6.85. The fourth-order valence-corrected chi connectivity index (χ4v) is 2.06. The van der Waals surface area contributed by atoms with Crippen LogP contribution in [0, 0.1) is 0 Å². The number of amides is 1. The minimum Gasteiger partial charge on any atom is -0.495 e. The van der Waals surface area contributed by atoms with Crippen LogP contribution in [-0.4, -0.2) is 49.1 Å². The van der Waals surface area contributed by atoms with Gasteiger partial charge in [0.25, 0.3) is 0 Å². The van der Waals surface area contributed by atoms with Gasteiger partial charge in [-0.15, -0.1) is 0 Å². The van der Waals surface area contributed by atoms with Crippen molar-refractivity contribution in [2.24, 2.45) is 0 Å². The quantitative estimate of drug-likeness (QED) is 0.774. The molecule has 0 fully saturated rings. The molecule has 1 unspecified atom stereocenters. The number of rotatable bonds is 5. The Morgan fingerprint density at radius 2 is 1.61 bits per heavy atom. The number of aldehydes is 1. The molecular formula is C16H24N2O5. The molecule has 0 radical (unpaired) electrons. The largest absolute Gasteiger partial charge is 0.495 e. The summed E-state index contributed by atoms with van der Waals surface area (Å²) in [6.07, 6.45) is 2.94. The summed E-state index contributed by atoms with van der Waals surface area (Å²) in [5.74, 6) is 0.684. The monoisotopic (exact) mass is 324 g/mol. The molecule has 0 spiro atoms. The molecule has 23 heavy (non-hydrogen) atoms. The van der Waals surface area contributed by atoms with Crippen LogP contribution in [0.1, 0.15) is 33.3 Å². The van der Waals surface area contributed by atoms with Crippen LogP contribution in [0.15, 0.2) is 12.4 Å². The van der Waals surface area contributed by atoms with E-state index in [4.69, 9.17) is 14.2 Å². The zero-order valence-electron chi connectivity index (χ0n) is 14.7. The van der Waals surface area contributed by atoms with Crippen LogP contribution in [0.2, 0.25) is 0 Å². The molecule has 0 N–H and O–H groups in total. The molecule has 0 aliphatic carbocycles. The molecule has 1 amide bonds. The number of carbonyl (C=O) groups is 2. The van der Waals surface area contributed by atoms with Gasteiger partial charge in [0.15, 0.2) is 0 Å². The molecule has 0 saturated heterocycles. The Kier molecular flexibility index (Phi) is 5.58. The summed E-state index contributed by atoms with van der Waals surface area (Å²) in [7, 11) is 4.40. The molecule has 0 bridgehead atoms. The molecule has 128 valence electrons. The highest BCUT2D eigenvalue weighted by Crippen LogP contribution is 2.39. The van der Waals surface area contributed by atoms with Gasteiger partial charge < -0.3 is 19.0 Å². The van der Waals surface area contributed by atoms with E-state index >= 15 is 0 Å². The fourth-order valence-electron chi connectivity index (χ4n) is 2.06. The Hall–Kier alpha value is -2.31. The van der Waals surface area contributed by atoms with Crippen molar-refractivity contribution in [1.82, 2.24) is 9.88 Å². The topological polar surface area (TPSA) is 78.0 Å². The number of likely N-dealkylation sites (N-methyl/N-ethyl adjacent to an activating group) is 1. The zero-order valence-corrected chi connectivity index (χ0v) is 14.7. The standard InChI is InChI=1S/C16H24N2O5/c1-15(2,3)23-14(20)18(5)16(4,10-19)13-11(21-6)8-17-9-12(13)22-7/h8-10H,1-7H3. The molecular weight excluding hydrogens is 300 g/mol. The first kappa shape index (κ1) is 18.7. The maximum absolute atomic E-state index is 12.4. The van der Waals surface area contributed by atoms with E-state index in [2.05, 4.69) is 4.98 Å². The maximum Gasteiger partial charge on any atom is 0.411 e. The lowest BCUT2D eigenvalue weighted by Gasteiger charge is -2.36. The predicted molar refractivity (Wildman–Crippen MR) is 84.8 cm³/mol. The minimum absolute atomic E-state index is 0.342. The van der Waals surface area contributed by atoms with Crippen molar-refractivity contribution in [3.8, 4) is 11.5 Å². The van der Waals surface area contributed by atoms with E-state index in [1.165, 1.54) is 38.6 Å². The molecule has 7 heteroatoms. The molecule has 1 rings (SSSR count). The van der Waals surface area contributed by atoms with Crippen LogP contribution < -0.4 is 9.47 Å². The number of hydrogen-bond donors (Lipinski definition) is 0. The van der Waals surface area contributed by atoms with Crippen LogP contribution in [0.5, 0.6) is 11.5 Å². The van der Waals surface area contributed by atoms with Crippen molar-refractivity contribution in [1.29, 1.82) is 0 Å². The van der Waals surface area contributed by atoms with E-state index in [1.807, 2.05) is 0 Å². The van der Waals surface area contributed by atoms with Crippen LogP contribution in [-0.2, 0) is 15.1 Å². The smallest absolute Gasteiger partial charge is 0.411 e. The molecule has 7 nitrogen and oxygen atoms in total. The van der Waals surface area contributed by atoms with Crippen molar-refractivity contribution in [3.05, 3.63) is 18.0 Å². The first-order chi connectivity index (χ1) is 10.6. The fraction of sp³-hybridized carbons (Fsp3) is 0.562. The van der Waals surface area contributed by atoms with Crippen LogP contribution >= 0.6 is 0 Å². The van der Waals surface area contributed by atoms with Gasteiger partial charge in [-0.1, -0.05) is 0 Å². The molecule has 0 aliphatic rings. The van der Waals surface area contributed by atoms with Crippen molar-refractivity contribution in [2.45, 2.75) is 38.8 Å². The summed E-state index contributed by atoms with van der Waals surface area (Å²) >= 11 is 0. The lowest BCUT2D eigenvalue weighted by atomic mass is 9.91. The molecule has 0 aliphatic heterocycles. The molecule has 1 atom stereocenters. The molecule has 1 heterocycles. The van der Waals surface area contributed by atoms with Crippen molar-refractivity contribution in [2.75, 3.05) is 21.3 Å². The molecule has 0 aromatic carbocycles. The predicted octanol–water partition coefficient (Wildman–Crippen LogP) is 2.38. The lowest BCUT2D eigenvalue weighted by molar-refractivity contribution is -0.117. The number of methoxy groups -OCH3 is 2. The normalized spacial score (nSPS) is 13.7. The van der Waals surface area contributed by atoms with Gasteiger partial charge in [-0.2, -0.15) is 0 Å². The first-order valence-electron chi connectivity index (χ1n) is 7.10. The number of carbonyl (C=O) groups excluding carboxylic acids is 2. The van der Waals surface area contributed by atoms with Crippen LogP contribution in [0.3, 0.4) is 0 Å². The highest BCUT2D eigenvalue weighted by molar-refractivity contribution is 5.80. The Morgan fingerprint density at radius 1 is 1.13 bits per heavy atom. The molecule has 1 aromatic heterocycles. The average Bonchev–Trinajstić information content (AvgIpc) is 2.50. The van der Waals surface area contributed by atoms with Gasteiger partial charge in [-0.25, -0.2) is 4.79 Å². The number of pyridine rings is 1. The summed E-state index contributed by atoms with van der Waals surface area (Å²) in [4.78, 5) is 29.5. The van der Waals surface area contributed by atoms with E-state index in [-0.39, 0.29) is 0 Å². The number of nitrogens with zero attached hydrogens (tertiary/aromatic N) is 2. The number of aromatic nitrogens is 1. The summed E-state index contributed by atoms with van der Waals surface area (Å²) < 4.78 is 15.9. The Balaban J connectivity index is 3.40. The van der Waals surface area contributed by atoms with Crippen LogP contribution in [0.25, 0.3) is 0 Å². The van der Waals surface area contributed by atoms with E-state index in [1.54, 1.807) is 27.7 Å². The summed E-state index contributed by atoms with van der Waals surface area (Å²) in [6, 6.07) is 0. The Labute approximate surface area is 136 Å². The highest BCUT2D eigenvalue weighted by Gasteiger charge is 2.41. The Morgan fingerprint density at radius 3 is 1.96 bits per heavy atom. The van der Waals surface area contributed by atoms with Gasteiger partial charge in [0, 0.05) is 7.05 Å². The van der Waals surface area contributed by atoms with Crippen molar-refractivity contribution in [3.63, 3.8) is 0 Å². The second kappa shape index (κ2) is 6.85. The van der Waals surface area contributed by atoms with Gasteiger partial charge >= 0.3 is 6.09 Å². The van der Waals surface area contributed by atoms with Gasteiger partial charge in [0.2, 0.25) is 0 Å². The minimum atomic E-state index is -1.35. The summed E-state index contributed by atoms with van der Waals surface area (Å²) in [5.41, 5.74) is -1.62. The van der Waals surface area contributed by atoms with E-state index in [9.17, 15) is 9.59 Å². The van der Waals surface area contributed by atoms with E-state index in [0.717, 1.165) is 0 Å². The summed E-state index contributed by atoms with van der Waals surface area (Å²) in [5, 5.41) is 0. The van der Waals surface area contributed by atoms with Crippen LogP contribution in [0.4, 0.5) is 4.79 Å². The third-order valence-corrected chi connectivity index (χ3v) is 3.42. The van der Waals surface area contributed by atoms with Gasteiger partial charge in [-0.3, -0.25) is 9.88 Å². The second-order valence-electron chi connectivity index (χ2n) is 6.22. The second-order valence-corrected chi connectivity index (χ2v) is 6.22. The highest BCUT2D eigenvalue weighted by atomic mass is 16.6. The van der Waals surface area contributed by atoms with Gasteiger partial charge in [0.05, 0.1) is 32.2 Å². The molecule has 1 aromatic rings. The third kappa shape index (κ3) is 3.91. The van der Waals surface area contributed by atoms with Gasteiger partial charge in [-0.05, 0) is 27.7 Å². The lowest BCUT2D eigenvalue weighted by Crippen LogP contribution is -2.48. The SMILES string of the molecule is COc1cncc(OC)c1C(C)(C=O)N(C)C(=O)OC(C)(C)C. The Bertz CT molecular complexity index is 560. The van der Waals surface area contributed by atoms with Crippen molar-refractivity contribution < 1.29 is 23.8 Å². The van der Waals surface area contributed by atoms with Crippen molar-refractivity contribution >= 4 is 12.4 Å². The van der Waals surface area contributed by atoms with E-state index in [0.29, 0.717) is 23.3 Å². The number of ether oxygens (including phenoxy) is 3. The van der Waals surface area contributed by atoms with E-state index < -0.39 is 17.2 Å². The molecule has 0 saturated carbocycles. The average molecular weight is 324 g/mol. The maximum atomic E-state index is 12.4. The van der Waals surface area contributed by atoms with Gasteiger partial charge in [0.1, 0.15) is 28.9 Å². The zero-order chi connectivity index (χ0) is 17.8. The third-order valence-electron chi connectivity index (χ3n) is 3.42. The number of hydrogen-bond acceptors (Lipinski definition) is 6.